The molecule has 0 atom stereocenters. The van der Waals surface area contributed by atoms with E-state index in [9.17, 15) is 4.79 Å². The SMILES string of the molecule is C=C(C)c1cccc2ccc(=O)oc12. The summed E-state index contributed by atoms with van der Waals surface area (Å²) in [5.74, 6) is 0. The first-order chi connectivity index (χ1) is 6.68. The van der Waals surface area contributed by atoms with Crippen LogP contribution in [0.5, 0.6) is 0 Å². The maximum atomic E-state index is 11.1. The minimum Gasteiger partial charge on any atom is -0.422 e. The van der Waals surface area contributed by atoms with E-state index in [4.69, 9.17) is 4.42 Å². The molecule has 70 valence electrons. The van der Waals surface area contributed by atoms with Crippen LogP contribution in [-0.4, -0.2) is 0 Å². The number of rotatable bonds is 1. The van der Waals surface area contributed by atoms with Crippen molar-refractivity contribution in [3.63, 3.8) is 0 Å². The van der Waals surface area contributed by atoms with Crippen LogP contribution < -0.4 is 5.63 Å². The third-order valence-electron chi connectivity index (χ3n) is 2.11. The topological polar surface area (TPSA) is 30.2 Å². The maximum Gasteiger partial charge on any atom is 0.336 e. The lowest BCUT2D eigenvalue weighted by Crippen LogP contribution is -1.95. The molecule has 0 fully saturated rings. The highest BCUT2D eigenvalue weighted by Crippen LogP contribution is 2.22. The van der Waals surface area contributed by atoms with E-state index in [1.165, 1.54) is 6.07 Å². The highest BCUT2D eigenvalue weighted by atomic mass is 16.4. The minimum absolute atomic E-state index is 0.328. The fraction of sp³-hybridized carbons (Fsp3) is 0.0833. The van der Waals surface area contributed by atoms with Crippen LogP contribution in [-0.2, 0) is 0 Å². The van der Waals surface area contributed by atoms with Crippen molar-refractivity contribution < 1.29 is 4.42 Å². The van der Waals surface area contributed by atoms with Gasteiger partial charge in [0.25, 0.3) is 0 Å². The maximum absolute atomic E-state index is 11.1. The van der Waals surface area contributed by atoms with Gasteiger partial charge in [-0.1, -0.05) is 24.8 Å². The Hall–Kier alpha value is -1.83. The van der Waals surface area contributed by atoms with Gasteiger partial charge in [0, 0.05) is 17.0 Å². The molecule has 1 aromatic heterocycles. The van der Waals surface area contributed by atoms with Gasteiger partial charge >= 0.3 is 5.63 Å². The van der Waals surface area contributed by atoms with Crippen molar-refractivity contribution in [3.8, 4) is 0 Å². The first-order valence-corrected chi connectivity index (χ1v) is 4.37. The Morgan fingerprint density at radius 1 is 1.29 bits per heavy atom. The Labute approximate surface area is 81.5 Å². The van der Waals surface area contributed by atoms with Crippen molar-refractivity contribution in [3.05, 3.63) is 52.9 Å². The minimum atomic E-state index is -0.328. The van der Waals surface area contributed by atoms with Crippen molar-refractivity contribution in [2.75, 3.05) is 0 Å². The summed E-state index contributed by atoms with van der Waals surface area (Å²) >= 11 is 0. The molecule has 1 aromatic carbocycles. The number of hydrogen-bond donors (Lipinski definition) is 0. The highest BCUT2D eigenvalue weighted by Gasteiger charge is 2.03. The molecule has 0 unspecified atom stereocenters. The Kier molecular flexibility index (Phi) is 1.97. The summed E-state index contributed by atoms with van der Waals surface area (Å²) in [7, 11) is 0. The fourth-order valence-corrected chi connectivity index (χ4v) is 1.43. The fourth-order valence-electron chi connectivity index (χ4n) is 1.43. The van der Waals surface area contributed by atoms with Crippen molar-refractivity contribution in [1.29, 1.82) is 0 Å². The van der Waals surface area contributed by atoms with Gasteiger partial charge in [-0.05, 0) is 18.6 Å². The summed E-state index contributed by atoms with van der Waals surface area (Å²) in [5, 5.41) is 0.921. The number of fused-ring (bicyclic) bond motifs is 1. The van der Waals surface area contributed by atoms with E-state index in [0.717, 1.165) is 16.5 Å². The predicted molar refractivity (Wildman–Crippen MR) is 57.2 cm³/mol. The Morgan fingerprint density at radius 2 is 2.07 bits per heavy atom. The van der Waals surface area contributed by atoms with E-state index < -0.39 is 0 Å². The molecule has 0 spiro atoms. The molecule has 2 nitrogen and oxygen atoms in total. The number of benzene rings is 1. The van der Waals surface area contributed by atoms with E-state index in [0.29, 0.717) is 5.58 Å². The van der Waals surface area contributed by atoms with E-state index in [1.54, 1.807) is 6.07 Å². The normalized spacial score (nSPS) is 10.4. The second kappa shape index (κ2) is 3.14. The average Bonchev–Trinajstić information content (AvgIpc) is 2.16. The van der Waals surface area contributed by atoms with E-state index in [2.05, 4.69) is 6.58 Å². The zero-order valence-electron chi connectivity index (χ0n) is 7.91. The first-order valence-electron chi connectivity index (χ1n) is 4.37. The Bertz CT molecular complexity index is 549. The van der Waals surface area contributed by atoms with Crippen molar-refractivity contribution >= 4 is 16.5 Å². The quantitative estimate of drug-likeness (QED) is 0.641. The second-order valence-electron chi connectivity index (χ2n) is 3.26. The smallest absolute Gasteiger partial charge is 0.336 e. The summed E-state index contributed by atoms with van der Waals surface area (Å²) in [6, 6.07) is 8.91. The molecule has 0 aliphatic carbocycles. The molecule has 0 bridgehead atoms. The summed E-state index contributed by atoms with van der Waals surface area (Å²) < 4.78 is 5.14. The predicted octanol–water partition coefficient (Wildman–Crippen LogP) is 2.83. The molecule has 2 rings (SSSR count). The largest absolute Gasteiger partial charge is 0.422 e. The monoisotopic (exact) mass is 186 g/mol. The molecular formula is C12H10O2. The van der Waals surface area contributed by atoms with Crippen LogP contribution in [0.2, 0.25) is 0 Å². The molecular weight excluding hydrogens is 176 g/mol. The van der Waals surface area contributed by atoms with Gasteiger partial charge in [-0.25, -0.2) is 4.79 Å². The van der Waals surface area contributed by atoms with Gasteiger partial charge in [0.05, 0.1) is 0 Å². The average molecular weight is 186 g/mol. The zero-order chi connectivity index (χ0) is 10.1. The van der Waals surface area contributed by atoms with Gasteiger partial charge in [-0.15, -0.1) is 0 Å². The molecule has 2 heteroatoms. The van der Waals surface area contributed by atoms with Gasteiger partial charge < -0.3 is 4.42 Å². The molecule has 0 saturated heterocycles. The van der Waals surface area contributed by atoms with E-state index in [1.807, 2.05) is 25.1 Å². The van der Waals surface area contributed by atoms with E-state index in [-0.39, 0.29) is 5.63 Å². The summed E-state index contributed by atoms with van der Waals surface area (Å²) in [6.07, 6.45) is 0. The van der Waals surface area contributed by atoms with Crippen molar-refractivity contribution in [2.45, 2.75) is 6.92 Å². The van der Waals surface area contributed by atoms with Gasteiger partial charge in [0.2, 0.25) is 0 Å². The van der Waals surface area contributed by atoms with Gasteiger partial charge in [0.1, 0.15) is 5.58 Å². The molecule has 2 aromatic rings. The standard InChI is InChI=1S/C12H10O2/c1-8(2)10-5-3-4-9-6-7-11(13)14-12(9)10/h3-7H,1H2,2H3. The third-order valence-corrected chi connectivity index (χ3v) is 2.11. The molecule has 0 radical (unpaired) electrons. The highest BCUT2D eigenvalue weighted by molar-refractivity contribution is 5.88. The molecule has 14 heavy (non-hydrogen) atoms. The van der Waals surface area contributed by atoms with Crippen LogP contribution in [0.15, 0.2) is 46.1 Å². The third kappa shape index (κ3) is 1.35. The van der Waals surface area contributed by atoms with Crippen LogP contribution in [0.25, 0.3) is 16.5 Å². The number of para-hydroxylation sites is 1. The summed E-state index contributed by atoms with van der Waals surface area (Å²) in [4.78, 5) is 11.1. The van der Waals surface area contributed by atoms with Gasteiger partial charge in [0.15, 0.2) is 0 Å². The van der Waals surface area contributed by atoms with Crippen molar-refractivity contribution in [2.24, 2.45) is 0 Å². The molecule has 0 saturated carbocycles. The van der Waals surface area contributed by atoms with Crippen LogP contribution >= 0.6 is 0 Å². The Balaban J connectivity index is 2.91. The van der Waals surface area contributed by atoms with Gasteiger partial charge in [-0.3, -0.25) is 0 Å². The first kappa shape index (κ1) is 8.75. The Morgan fingerprint density at radius 3 is 2.79 bits per heavy atom. The lowest BCUT2D eigenvalue weighted by Gasteiger charge is -2.02. The van der Waals surface area contributed by atoms with Gasteiger partial charge in [-0.2, -0.15) is 0 Å². The van der Waals surface area contributed by atoms with Crippen LogP contribution in [0.1, 0.15) is 12.5 Å². The molecule has 1 heterocycles. The van der Waals surface area contributed by atoms with Crippen LogP contribution in [0.3, 0.4) is 0 Å². The van der Waals surface area contributed by atoms with E-state index >= 15 is 0 Å². The molecule has 0 aliphatic rings. The zero-order valence-corrected chi connectivity index (χ0v) is 7.91. The van der Waals surface area contributed by atoms with Crippen LogP contribution in [0.4, 0.5) is 0 Å². The summed E-state index contributed by atoms with van der Waals surface area (Å²) in [6.45, 7) is 5.73. The number of hydrogen-bond acceptors (Lipinski definition) is 2. The lowest BCUT2D eigenvalue weighted by atomic mass is 10.1. The van der Waals surface area contributed by atoms with Crippen molar-refractivity contribution in [1.82, 2.24) is 0 Å². The number of allylic oxidation sites excluding steroid dienone is 1. The molecule has 0 amide bonds. The molecule has 0 aliphatic heterocycles. The molecule has 0 N–H and O–H groups in total. The summed E-state index contributed by atoms with van der Waals surface area (Å²) in [5.41, 5.74) is 2.07. The lowest BCUT2D eigenvalue weighted by molar-refractivity contribution is 0.560. The second-order valence-corrected chi connectivity index (χ2v) is 3.26. The van der Waals surface area contributed by atoms with Crippen LogP contribution in [0, 0.1) is 0 Å².